The van der Waals surface area contributed by atoms with Gasteiger partial charge < -0.3 is 16.4 Å². The van der Waals surface area contributed by atoms with Crippen molar-refractivity contribution in [3.05, 3.63) is 51.5 Å². The Hall–Kier alpha value is -2.04. The molecule has 126 valence electrons. The SMILES string of the molecule is C=C/C=c1/cc(-c2csc(C)c2)cc(NC2CCNCC2)/c1=C/N. The molecule has 1 aliphatic rings. The first-order chi connectivity index (χ1) is 11.7. The number of benzene rings is 1. The zero-order valence-electron chi connectivity index (χ0n) is 14.1. The van der Waals surface area contributed by atoms with E-state index in [0.29, 0.717) is 6.04 Å². The van der Waals surface area contributed by atoms with Crippen LogP contribution in [0.5, 0.6) is 0 Å². The molecule has 0 aliphatic carbocycles. The fraction of sp³-hybridized carbons (Fsp3) is 0.300. The molecular weight excluding hydrogens is 314 g/mol. The number of allylic oxidation sites excluding steroid dienone is 1. The Morgan fingerprint density at radius 2 is 2.04 bits per heavy atom. The van der Waals surface area contributed by atoms with Crippen molar-refractivity contribution in [3.8, 4) is 11.1 Å². The summed E-state index contributed by atoms with van der Waals surface area (Å²) in [6.45, 7) is 8.11. The Kier molecular flexibility index (Phi) is 5.38. The van der Waals surface area contributed by atoms with Gasteiger partial charge >= 0.3 is 0 Å². The van der Waals surface area contributed by atoms with E-state index in [9.17, 15) is 0 Å². The van der Waals surface area contributed by atoms with Crippen LogP contribution >= 0.6 is 11.3 Å². The molecule has 0 spiro atoms. The quantitative estimate of drug-likeness (QED) is 0.802. The summed E-state index contributed by atoms with van der Waals surface area (Å²) in [6.07, 6.45) is 7.80. The third-order valence-electron chi connectivity index (χ3n) is 4.44. The zero-order valence-corrected chi connectivity index (χ0v) is 15.0. The summed E-state index contributed by atoms with van der Waals surface area (Å²) in [6, 6.07) is 7.14. The Morgan fingerprint density at radius 3 is 2.67 bits per heavy atom. The summed E-state index contributed by atoms with van der Waals surface area (Å²) in [7, 11) is 0. The Balaban J connectivity index is 2.09. The van der Waals surface area contributed by atoms with Gasteiger partial charge in [0.25, 0.3) is 0 Å². The van der Waals surface area contributed by atoms with Crippen LogP contribution in [0.3, 0.4) is 0 Å². The molecule has 0 amide bonds. The molecule has 0 bridgehead atoms. The molecule has 1 aliphatic heterocycles. The fourth-order valence-electron chi connectivity index (χ4n) is 3.19. The lowest BCUT2D eigenvalue weighted by Gasteiger charge is -2.25. The molecule has 0 saturated carbocycles. The van der Waals surface area contributed by atoms with Gasteiger partial charge in [-0.2, -0.15) is 0 Å². The highest BCUT2D eigenvalue weighted by molar-refractivity contribution is 7.10. The molecule has 0 atom stereocenters. The van der Waals surface area contributed by atoms with Crippen molar-refractivity contribution in [2.24, 2.45) is 5.73 Å². The van der Waals surface area contributed by atoms with E-state index in [1.165, 1.54) is 16.0 Å². The normalized spacial score (nSPS) is 17.2. The van der Waals surface area contributed by atoms with E-state index >= 15 is 0 Å². The van der Waals surface area contributed by atoms with Gasteiger partial charge in [0, 0.05) is 28.0 Å². The number of rotatable bonds is 4. The predicted octanol–water partition coefficient (Wildman–Crippen LogP) is 2.55. The monoisotopic (exact) mass is 339 g/mol. The number of thiophene rings is 1. The van der Waals surface area contributed by atoms with E-state index in [0.717, 1.165) is 42.1 Å². The van der Waals surface area contributed by atoms with Gasteiger partial charge in [-0.15, -0.1) is 11.3 Å². The lowest BCUT2D eigenvalue weighted by molar-refractivity contribution is 0.479. The molecule has 3 nitrogen and oxygen atoms in total. The summed E-state index contributed by atoms with van der Waals surface area (Å²) in [5, 5.41) is 11.5. The Morgan fingerprint density at radius 1 is 1.25 bits per heavy atom. The maximum absolute atomic E-state index is 5.95. The number of hydrogen-bond donors (Lipinski definition) is 3. The molecular formula is C20H25N3S. The first-order valence-corrected chi connectivity index (χ1v) is 9.30. The van der Waals surface area contributed by atoms with Gasteiger partial charge in [-0.05, 0) is 72.8 Å². The summed E-state index contributed by atoms with van der Waals surface area (Å²) in [5.74, 6) is 0. The van der Waals surface area contributed by atoms with Crippen LogP contribution in [0.25, 0.3) is 23.4 Å². The molecule has 2 aromatic rings. The second kappa shape index (κ2) is 7.69. The van der Waals surface area contributed by atoms with Gasteiger partial charge in [0.2, 0.25) is 0 Å². The summed E-state index contributed by atoms with van der Waals surface area (Å²) < 4.78 is 0. The van der Waals surface area contributed by atoms with Crippen LogP contribution in [0, 0.1) is 6.92 Å². The highest BCUT2D eigenvalue weighted by Gasteiger charge is 2.14. The first-order valence-electron chi connectivity index (χ1n) is 8.43. The van der Waals surface area contributed by atoms with Crippen molar-refractivity contribution in [3.63, 3.8) is 0 Å². The van der Waals surface area contributed by atoms with Gasteiger partial charge in [-0.25, -0.2) is 0 Å². The predicted molar refractivity (Wildman–Crippen MR) is 107 cm³/mol. The average molecular weight is 340 g/mol. The van der Waals surface area contributed by atoms with Crippen LogP contribution in [0.4, 0.5) is 5.69 Å². The smallest absolute Gasteiger partial charge is 0.0442 e. The van der Waals surface area contributed by atoms with E-state index < -0.39 is 0 Å². The topological polar surface area (TPSA) is 50.1 Å². The molecule has 1 aromatic carbocycles. The Labute approximate surface area is 147 Å². The number of nitrogens with one attached hydrogen (secondary N) is 2. The second-order valence-corrected chi connectivity index (χ2v) is 7.33. The van der Waals surface area contributed by atoms with Gasteiger partial charge in [0.15, 0.2) is 0 Å². The molecule has 0 radical (unpaired) electrons. The van der Waals surface area contributed by atoms with Crippen LogP contribution < -0.4 is 26.8 Å². The van der Waals surface area contributed by atoms with Crippen LogP contribution in [0.1, 0.15) is 17.7 Å². The molecule has 4 heteroatoms. The minimum absolute atomic E-state index is 0.487. The molecule has 3 rings (SSSR count). The van der Waals surface area contributed by atoms with Crippen LogP contribution in [0.2, 0.25) is 0 Å². The Bertz CT molecular complexity index is 829. The van der Waals surface area contributed by atoms with Gasteiger partial charge in [0.05, 0.1) is 0 Å². The van der Waals surface area contributed by atoms with Gasteiger partial charge in [0.1, 0.15) is 0 Å². The number of hydrogen-bond acceptors (Lipinski definition) is 4. The third-order valence-corrected chi connectivity index (χ3v) is 5.30. The van der Waals surface area contributed by atoms with Crippen LogP contribution in [-0.2, 0) is 0 Å². The molecule has 2 heterocycles. The maximum atomic E-state index is 5.95. The minimum atomic E-state index is 0.487. The summed E-state index contributed by atoms with van der Waals surface area (Å²) in [4.78, 5) is 1.32. The number of piperidine rings is 1. The van der Waals surface area contributed by atoms with Crippen molar-refractivity contribution in [2.45, 2.75) is 25.8 Å². The van der Waals surface area contributed by atoms with E-state index in [2.05, 4.69) is 47.7 Å². The molecule has 0 unspecified atom stereocenters. The maximum Gasteiger partial charge on any atom is 0.0442 e. The molecule has 24 heavy (non-hydrogen) atoms. The van der Waals surface area contributed by atoms with Crippen LogP contribution in [0.15, 0.2) is 36.2 Å². The van der Waals surface area contributed by atoms with E-state index in [1.807, 2.05) is 12.2 Å². The molecule has 1 fully saturated rings. The van der Waals surface area contributed by atoms with Gasteiger partial charge in [-0.1, -0.05) is 18.7 Å². The highest BCUT2D eigenvalue weighted by Crippen LogP contribution is 2.25. The van der Waals surface area contributed by atoms with Crippen molar-refractivity contribution in [1.82, 2.24) is 5.32 Å². The van der Waals surface area contributed by atoms with Crippen molar-refractivity contribution in [2.75, 3.05) is 18.4 Å². The average Bonchev–Trinajstić information content (AvgIpc) is 3.02. The van der Waals surface area contributed by atoms with Crippen molar-refractivity contribution in [1.29, 1.82) is 0 Å². The summed E-state index contributed by atoms with van der Waals surface area (Å²) >= 11 is 1.78. The van der Waals surface area contributed by atoms with Crippen molar-refractivity contribution < 1.29 is 0 Å². The zero-order chi connectivity index (χ0) is 16.9. The second-order valence-electron chi connectivity index (χ2n) is 6.21. The molecule has 1 aromatic heterocycles. The summed E-state index contributed by atoms with van der Waals surface area (Å²) in [5.41, 5.74) is 9.53. The lowest BCUT2D eigenvalue weighted by atomic mass is 10.0. The molecule has 1 saturated heterocycles. The van der Waals surface area contributed by atoms with E-state index in [4.69, 9.17) is 5.73 Å². The number of aryl methyl sites for hydroxylation is 1. The van der Waals surface area contributed by atoms with Gasteiger partial charge in [-0.3, -0.25) is 0 Å². The minimum Gasteiger partial charge on any atom is -0.404 e. The molecule has 4 N–H and O–H groups in total. The number of nitrogens with two attached hydrogens (primary N) is 1. The lowest BCUT2D eigenvalue weighted by Crippen LogP contribution is -2.38. The van der Waals surface area contributed by atoms with Crippen molar-refractivity contribution >= 4 is 29.3 Å². The standard InChI is InChI=1S/C20H25N3S/c1-3-4-15-10-16(17-9-14(2)24-13-17)11-20(19(15)12-21)23-18-5-7-22-8-6-18/h3-4,9-13,18,22-23H,1,5-8,21H2,2H3/b15-4-,19-12+. The number of anilines is 1. The largest absolute Gasteiger partial charge is 0.404 e. The fourth-order valence-corrected chi connectivity index (χ4v) is 3.91. The van der Waals surface area contributed by atoms with E-state index in [-0.39, 0.29) is 0 Å². The van der Waals surface area contributed by atoms with E-state index in [1.54, 1.807) is 17.5 Å². The highest BCUT2D eigenvalue weighted by atomic mass is 32.1. The first kappa shape index (κ1) is 16.8. The van der Waals surface area contributed by atoms with Crippen LogP contribution in [-0.4, -0.2) is 19.1 Å². The third kappa shape index (κ3) is 3.71.